The zero-order valence-corrected chi connectivity index (χ0v) is 11.1. The Kier molecular flexibility index (Phi) is 4.84. The quantitative estimate of drug-likeness (QED) is 0.800. The molecule has 0 aliphatic carbocycles. The highest BCUT2D eigenvalue weighted by atomic mass is 16.2. The summed E-state index contributed by atoms with van der Waals surface area (Å²) in [6.07, 6.45) is 9.54. The molecule has 3 heteroatoms. The molecule has 0 saturated carbocycles. The van der Waals surface area contributed by atoms with E-state index in [1.54, 1.807) is 0 Å². The van der Waals surface area contributed by atoms with Crippen LogP contribution >= 0.6 is 0 Å². The molecule has 17 heavy (non-hydrogen) atoms. The average Bonchev–Trinajstić information content (AvgIpc) is 2.64. The number of piperidine rings is 1. The number of likely N-dealkylation sites (tertiary alicyclic amines) is 1. The minimum absolute atomic E-state index is 0.107. The first-order valence-electron chi connectivity index (χ1n) is 7.36. The molecule has 3 nitrogen and oxygen atoms in total. The van der Waals surface area contributed by atoms with Gasteiger partial charge in [-0.3, -0.25) is 4.79 Å². The van der Waals surface area contributed by atoms with Gasteiger partial charge < -0.3 is 10.2 Å². The predicted octanol–water partition coefficient (Wildman–Crippen LogP) is 2.31. The summed E-state index contributed by atoms with van der Waals surface area (Å²) >= 11 is 0. The fraction of sp³-hybridized carbons (Fsp3) is 0.929. The van der Waals surface area contributed by atoms with Crippen molar-refractivity contribution in [3.63, 3.8) is 0 Å². The molecule has 0 aromatic carbocycles. The lowest BCUT2D eigenvalue weighted by Gasteiger charge is -2.34. The molecule has 0 bridgehead atoms. The van der Waals surface area contributed by atoms with Gasteiger partial charge in [0.15, 0.2) is 0 Å². The zero-order valence-electron chi connectivity index (χ0n) is 11.1. The number of nitrogens with one attached hydrogen (secondary N) is 1. The molecule has 2 atom stereocenters. The molecule has 1 N–H and O–H groups in total. The second-order valence-corrected chi connectivity index (χ2v) is 5.45. The van der Waals surface area contributed by atoms with Gasteiger partial charge in [-0.25, -0.2) is 0 Å². The van der Waals surface area contributed by atoms with Gasteiger partial charge in [-0.05, 0) is 38.6 Å². The molecule has 0 spiro atoms. The topological polar surface area (TPSA) is 32.3 Å². The summed E-state index contributed by atoms with van der Waals surface area (Å²) in [6, 6.07) is 0.602. The summed E-state index contributed by atoms with van der Waals surface area (Å²) in [4.78, 5) is 14.7. The van der Waals surface area contributed by atoms with Gasteiger partial charge in [0.1, 0.15) is 0 Å². The van der Waals surface area contributed by atoms with Crippen molar-refractivity contribution in [1.82, 2.24) is 10.2 Å². The lowest BCUT2D eigenvalue weighted by atomic mass is 10.0. The lowest BCUT2D eigenvalue weighted by molar-refractivity contribution is -0.136. The van der Waals surface area contributed by atoms with E-state index in [4.69, 9.17) is 0 Å². The molecule has 2 saturated heterocycles. The normalized spacial score (nSPS) is 31.0. The second kappa shape index (κ2) is 6.39. The van der Waals surface area contributed by atoms with Crippen LogP contribution in [0.2, 0.25) is 0 Å². The first-order valence-corrected chi connectivity index (χ1v) is 7.36. The van der Waals surface area contributed by atoms with E-state index in [-0.39, 0.29) is 6.04 Å². The van der Waals surface area contributed by atoms with Crippen LogP contribution in [0.5, 0.6) is 0 Å². The lowest BCUT2D eigenvalue weighted by Crippen LogP contribution is -2.51. The molecule has 2 aliphatic rings. The van der Waals surface area contributed by atoms with E-state index in [2.05, 4.69) is 17.1 Å². The maximum absolute atomic E-state index is 12.5. The highest BCUT2D eigenvalue weighted by Gasteiger charge is 2.30. The van der Waals surface area contributed by atoms with Crippen LogP contribution in [0.4, 0.5) is 0 Å². The van der Waals surface area contributed by atoms with Gasteiger partial charge in [0, 0.05) is 12.6 Å². The van der Waals surface area contributed by atoms with E-state index in [0.717, 1.165) is 25.9 Å². The van der Waals surface area contributed by atoms with Gasteiger partial charge in [-0.1, -0.05) is 26.2 Å². The number of carbonyl (C=O) groups is 1. The third-order valence-electron chi connectivity index (χ3n) is 4.24. The third-order valence-corrected chi connectivity index (χ3v) is 4.24. The predicted molar refractivity (Wildman–Crippen MR) is 69.9 cm³/mol. The molecular weight excluding hydrogens is 212 g/mol. The van der Waals surface area contributed by atoms with Crippen molar-refractivity contribution in [2.24, 2.45) is 0 Å². The first-order chi connectivity index (χ1) is 8.33. The van der Waals surface area contributed by atoms with Crippen molar-refractivity contribution in [3.8, 4) is 0 Å². The highest BCUT2D eigenvalue weighted by molar-refractivity contribution is 5.82. The Morgan fingerprint density at radius 2 is 2.00 bits per heavy atom. The summed E-state index contributed by atoms with van der Waals surface area (Å²) in [7, 11) is 0. The largest absolute Gasteiger partial charge is 0.338 e. The van der Waals surface area contributed by atoms with Crippen LogP contribution in [-0.4, -0.2) is 36.0 Å². The standard InChI is InChI=1S/C14H26N2O/c1-2-12-8-4-3-7-11-16(12)14(17)13-9-5-6-10-15-13/h12-13,15H,2-11H2,1H3/t12?,13-/m1/s1. The van der Waals surface area contributed by atoms with Crippen LogP contribution in [0.1, 0.15) is 58.3 Å². The summed E-state index contributed by atoms with van der Waals surface area (Å²) < 4.78 is 0. The first kappa shape index (κ1) is 12.9. The van der Waals surface area contributed by atoms with Crippen molar-refractivity contribution in [1.29, 1.82) is 0 Å². The van der Waals surface area contributed by atoms with Crippen molar-refractivity contribution >= 4 is 5.91 Å². The van der Waals surface area contributed by atoms with Gasteiger partial charge in [-0.2, -0.15) is 0 Å². The van der Waals surface area contributed by atoms with E-state index < -0.39 is 0 Å². The zero-order chi connectivity index (χ0) is 12.1. The van der Waals surface area contributed by atoms with Crippen LogP contribution in [0.25, 0.3) is 0 Å². The van der Waals surface area contributed by atoms with Crippen molar-refractivity contribution in [2.45, 2.75) is 70.4 Å². The Labute approximate surface area is 105 Å². The Morgan fingerprint density at radius 1 is 1.18 bits per heavy atom. The minimum atomic E-state index is 0.107. The Balaban J connectivity index is 1.98. The van der Waals surface area contributed by atoms with Crippen LogP contribution in [0.15, 0.2) is 0 Å². The van der Waals surface area contributed by atoms with E-state index in [0.29, 0.717) is 11.9 Å². The number of carbonyl (C=O) groups excluding carboxylic acids is 1. The van der Waals surface area contributed by atoms with Crippen molar-refractivity contribution < 1.29 is 4.79 Å². The summed E-state index contributed by atoms with van der Waals surface area (Å²) in [5.41, 5.74) is 0. The number of nitrogens with zero attached hydrogens (tertiary/aromatic N) is 1. The molecular formula is C14H26N2O. The molecule has 2 aliphatic heterocycles. The number of hydrogen-bond acceptors (Lipinski definition) is 2. The van der Waals surface area contributed by atoms with E-state index in [1.165, 1.54) is 38.5 Å². The van der Waals surface area contributed by atoms with Gasteiger partial charge in [-0.15, -0.1) is 0 Å². The molecule has 1 unspecified atom stereocenters. The van der Waals surface area contributed by atoms with Gasteiger partial charge in [0.2, 0.25) is 5.91 Å². The number of rotatable bonds is 2. The molecule has 2 rings (SSSR count). The Hall–Kier alpha value is -0.570. The fourth-order valence-electron chi connectivity index (χ4n) is 3.15. The van der Waals surface area contributed by atoms with Crippen LogP contribution < -0.4 is 5.32 Å². The van der Waals surface area contributed by atoms with E-state index in [1.807, 2.05) is 0 Å². The van der Waals surface area contributed by atoms with Gasteiger partial charge >= 0.3 is 0 Å². The smallest absolute Gasteiger partial charge is 0.239 e. The molecule has 0 aromatic rings. The maximum atomic E-state index is 12.5. The van der Waals surface area contributed by atoms with E-state index >= 15 is 0 Å². The third kappa shape index (κ3) is 3.21. The number of hydrogen-bond donors (Lipinski definition) is 1. The van der Waals surface area contributed by atoms with Crippen LogP contribution in [0, 0.1) is 0 Å². The van der Waals surface area contributed by atoms with Gasteiger partial charge in [0.25, 0.3) is 0 Å². The molecule has 1 amide bonds. The summed E-state index contributed by atoms with van der Waals surface area (Å²) in [6.45, 7) is 4.21. The van der Waals surface area contributed by atoms with Crippen molar-refractivity contribution in [3.05, 3.63) is 0 Å². The summed E-state index contributed by atoms with van der Waals surface area (Å²) in [5, 5.41) is 3.39. The highest BCUT2D eigenvalue weighted by Crippen LogP contribution is 2.21. The van der Waals surface area contributed by atoms with Crippen molar-refractivity contribution in [2.75, 3.05) is 13.1 Å². The SMILES string of the molecule is CCC1CCCCCN1C(=O)[C@H]1CCCCN1. The van der Waals surface area contributed by atoms with Gasteiger partial charge in [0.05, 0.1) is 6.04 Å². The molecule has 2 fully saturated rings. The van der Waals surface area contributed by atoms with Crippen LogP contribution in [0.3, 0.4) is 0 Å². The molecule has 2 heterocycles. The molecule has 0 radical (unpaired) electrons. The average molecular weight is 238 g/mol. The molecule has 0 aromatic heterocycles. The Morgan fingerprint density at radius 3 is 2.71 bits per heavy atom. The summed E-state index contributed by atoms with van der Waals surface area (Å²) in [5.74, 6) is 0.374. The number of amides is 1. The molecule has 98 valence electrons. The Bertz CT molecular complexity index is 249. The second-order valence-electron chi connectivity index (χ2n) is 5.45. The van der Waals surface area contributed by atoms with Crippen LogP contribution in [-0.2, 0) is 4.79 Å². The van der Waals surface area contributed by atoms with E-state index in [9.17, 15) is 4.79 Å². The minimum Gasteiger partial charge on any atom is -0.338 e. The fourth-order valence-corrected chi connectivity index (χ4v) is 3.15. The monoisotopic (exact) mass is 238 g/mol. The maximum Gasteiger partial charge on any atom is 0.239 e.